The van der Waals surface area contributed by atoms with E-state index in [2.05, 4.69) is 0 Å². The lowest BCUT2D eigenvalue weighted by Crippen LogP contribution is -2.66. The van der Waals surface area contributed by atoms with Crippen LogP contribution in [0.5, 0.6) is 23.0 Å². The number of phenols is 3. The molecule has 0 bridgehead atoms. The largest absolute Gasteiger partial charge is 0.508 e. The summed E-state index contributed by atoms with van der Waals surface area (Å²) in [4.78, 5) is 13.7. The Hall–Kier alpha value is -3.71. The van der Waals surface area contributed by atoms with E-state index in [1.54, 1.807) is 0 Å². The van der Waals surface area contributed by atoms with Crippen LogP contribution in [0.15, 0.2) is 45.6 Å². The van der Waals surface area contributed by atoms with Crippen LogP contribution < -0.4 is 10.2 Å². The van der Waals surface area contributed by atoms with E-state index in [1.807, 2.05) is 0 Å². The lowest BCUT2D eigenvalue weighted by molar-refractivity contribution is -0.384. The van der Waals surface area contributed by atoms with Crippen molar-refractivity contribution in [3.05, 3.63) is 46.6 Å². The second kappa shape index (κ2) is 15.6. The molecule has 0 aliphatic carbocycles. The van der Waals surface area contributed by atoms with Crippen LogP contribution in [0.25, 0.3) is 22.3 Å². The number of phenolic OH excluding ortho intramolecular Hbond substituents is 3. The molecule has 3 aliphatic rings. The predicted molar refractivity (Wildman–Crippen MR) is 171 cm³/mol. The van der Waals surface area contributed by atoms with Crippen molar-refractivity contribution in [2.75, 3.05) is 13.2 Å². The van der Waals surface area contributed by atoms with Crippen LogP contribution in [-0.4, -0.2) is 167 Å². The molecular weight excluding hydrogens is 716 g/mol. The number of ether oxygens (including phenoxy) is 6. The molecule has 15 atom stereocenters. The van der Waals surface area contributed by atoms with Gasteiger partial charge in [0.25, 0.3) is 0 Å². The Morgan fingerprint density at radius 2 is 1.21 bits per heavy atom. The fourth-order valence-electron chi connectivity index (χ4n) is 6.39. The lowest BCUT2D eigenvalue weighted by Gasteiger charge is -2.48. The molecule has 20 nitrogen and oxygen atoms in total. The molecule has 0 spiro atoms. The van der Waals surface area contributed by atoms with E-state index in [0.29, 0.717) is 0 Å². The molecular formula is C33H40O20. The van der Waals surface area contributed by atoms with Gasteiger partial charge in [-0.2, -0.15) is 0 Å². The Balaban J connectivity index is 1.27. The van der Waals surface area contributed by atoms with Crippen molar-refractivity contribution in [3.63, 3.8) is 0 Å². The minimum absolute atomic E-state index is 0.126. The molecule has 1 aromatic heterocycles. The van der Waals surface area contributed by atoms with Crippen molar-refractivity contribution in [2.24, 2.45) is 0 Å². The first-order valence-corrected chi connectivity index (χ1v) is 16.4. The molecule has 0 unspecified atom stereocenters. The molecule has 0 saturated carbocycles. The van der Waals surface area contributed by atoms with Gasteiger partial charge in [-0.25, -0.2) is 0 Å². The lowest BCUT2D eigenvalue weighted by atomic mass is 9.96. The summed E-state index contributed by atoms with van der Waals surface area (Å²) in [5.41, 5.74) is -1.02. The summed E-state index contributed by atoms with van der Waals surface area (Å²) in [6.07, 6.45) is -26.2. The van der Waals surface area contributed by atoms with Gasteiger partial charge in [-0.15, -0.1) is 0 Å². The number of aromatic hydroxyl groups is 3. The van der Waals surface area contributed by atoms with Gasteiger partial charge >= 0.3 is 0 Å². The SMILES string of the molecule is C[C@@H]1O[C@@H](Oc2c(-c3ccc(O)cc3)oc3cc(O)cc(O)c3c2=O)[C@H](O)[C@H](O)[C@H]1O[C@@H]1O[C@H](CO)[C@@H](O)[C@H](O)[C@H]1O[C@@H]1O[C@H](CO)[C@@H](O)[C@H](O)[C@H]1O. The van der Waals surface area contributed by atoms with Crippen molar-refractivity contribution in [2.45, 2.75) is 99.0 Å². The molecule has 12 N–H and O–H groups in total. The Morgan fingerprint density at radius 1 is 0.642 bits per heavy atom. The summed E-state index contributed by atoms with van der Waals surface area (Å²) >= 11 is 0. The number of benzene rings is 2. The molecule has 0 amide bonds. The quantitative estimate of drug-likeness (QED) is 0.100. The molecule has 292 valence electrons. The predicted octanol–water partition coefficient (Wildman–Crippen LogP) is -3.57. The third-order valence-corrected chi connectivity index (χ3v) is 9.31. The zero-order chi connectivity index (χ0) is 38.5. The van der Waals surface area contributed by atoms with E-state index in [9.17, 15) is 66.1 Å². The van der Waals surface area contributed by atoms with Crippen LogP contribution in [-0.2, 0) is 23.7 Å². The fourth-order valence-corrected chi connectivity index (χ4v) is 6.39. The first-order valence-electron chi connectivity index (χ1n) is 16.4. The number of fused-ring (bicyclic) bond motifs is 1. The summed E-state index contributed by atoms with van der Waals surface area (Å²) in [6, 6.07) is 7.26. The van der Waals surface area contributed by atoms with Crippen LogP contribution in [0.3, 0.4) is 0 Å². The molecule has 53 heavy (non-hydrogen) atoms. The number of aliphatic hydroxyl groups is 9. The summed E-state index contributed by atoms with van der Waals surface area (Å²) in [6.45, 7) is -0.286. The van der Waals surface area contributed by atoms with Gasteiger partial charge in [0, 0.05) is 17.7 Å². The van der Waals surface area contributed by atoms with Crippen molar-refractivity contribution in [1.82, 2.24) is 0 Å². The highest BCUT2D eigenvalue weighted by Crippen LogP contribution is 2.38. The van der Waals surface area contributed by atoms with Gasteiger partial charge in [-0.3, -0.25) is 4.79 Å². The van der Waals surface area contributed by atoms with Crippen LogP contribution in [0, 0.1) is 0 Å². The minimum Gasteiger partial charge on any atom is -0.508 e. The van der Waals surface area contributed by atoms with Gasteiger partial charge in [-0.1, -0.05) is 0 Å². The Labute approximate surface area is 298 Å². The molecule has 0 radical (unpaired) electrons. The average Bonchev–Trinajstić information content (AvgIpc) is 3.12. The van der Waals surface area contributed by atoms with E-state index in [1.165, 1.54) is 31.2 Å². The van der Waals surface area contributed by atoms with Crippen molar-refractivity contribution in [3.8, 4) is 34.3 Å². The third kappa shape index (κ3) is 7.39. The van der Waals surface area contributed by atoms with E-state index in [0.717, 1.165) is 12.1 Å². The van der Waals surface area contributed by atoms with Crippen LogP contribution in [0.2, 0.25) is 0 Å². The number of hydrogen-bond donors (Lipinski definition) is 12. The van der Waals surface area contributed by atoms with Crippen LogP contribution in [0.4, 0.5) is 0 Å². The van der Waals surface area contributed by atoms with E-state index in [4.69, 9.17) is 32.8 Å². The Kier molecular flexibility index (Phi) is 11.5. The summed E-state index contributed by atoms with van der Waals surface area (Å²) in [5, 5.41) is 124. The van der Waals surface area contributed by atoms with Gasteiger partial charge in [0.15, 0.2) is 18.3 Å². The molecule has 20 heteroatoms. The highest BCUT2D eigenvalue weighted by molar-refractivity contribution is 5.88. The molecule has 3 saturated heterocycles. The number of hydrogen-bond acceptors (Lipinski definition) is 20. The van der Waals surface area contributed by atoms with Gasteiger partial charge in [-0.05, 0) is 31.2 Å². The Bertz CT molecular complexity index is 1780. The van der Waals surface area contributed by atoms with E-state index >= 15 is 0 Å². The van der Waals surface area contributed by atoms with E-state index in [-0.39, 0.29) is 22.7 Å². The molecule has 3 aliphatic heterocycles. The highest BCUT2D eigenvalue weighted by atomic mass is 16.8. The zero-order valence-electron chi connectivity index (χ0n) is 27.7. The summed E-state index contributed by atoms with van der Waals surface area (Å²) in [5.74, 6) is -2.08. The van der Waals surface area contributed by atoms with Gasteiger partial charge in [0.2, 0.25) is 17.5 Å². The summed E-state index contributed by atoms with van der Waals surface area (Å²) < 4.78 is 40.0. The highest BCUT2D eigenvalue weighted by Gasteiger charge is 2.54. The van der Waals surface area contributed by atoms with E-state index < -0.39 is 133 Å². The smallest absolute Gasteiger partial charge is 0.239 e. The van der Waals surface area contributed by atoms with Crippen molar-refractivity contribution in [1.29, 1.82) is 0 Å². The van der Waals surface area contributed by atoms with Gasteiger partial charge in [0.05, 0.1) is 19.3 Å². The fraction of sp³-hybridized carbons (Fsp3) is 0.545. The Morgan fingerprint density at radius 3 is 1.85 bits per heavy atom. The van der Waals surface area contributed by atoms with Gasteiger partial charge < -0.3 is 94.1 Å². The third-order valence-electron chi connectivity index (χ3n) is 9.31. The molecule has 4 heterocycles. The topological polar surface area (TPSA) is 328 Å². The first-order chi connectivity index (χ1) is 25.1. The summed E-state index contributed by atoms with van der Waals surface area (Å²) in [7, 11) is 0. The normalized spacial score (nSPS) is 37.8. The number of rotatable bonds is 9. The van der Waals surface area contributed by atoms with Crippen LogP contribution in [0.1, 0.15) is 6.92 Å². The maximum absolute atomic E-state index is 13.7. The first kappa shape index (κ1) is 39.0. The maximum atomic E-state index is 13.7. The molecule has 2 aromatic carbocycles. The second-order valence-electron chi connectivity index (χ2n) is 12.9. The molecule has 3 fully saturated rings. The zero-order valence-corrected chi connectivity index (χ0v) is 27.7. The van der Waals surface area contributed by atoms with Crippen molar-refractivity contribution < 1.29 is 94.1 Å². The monoisotopic (exact) mass is 756 g/mol. The second-order valence-corrected chi connectivity index (χ2v) is 12.9. The molecule has 3 aromatic rings. The van der Waals surface area contributed by atoms with Crippen molar-refractivity contribution >= 4 is 11.0 Å². The average molecular weight is 757 g/mol. The van der Waals surface area contributed by atoms with Crippen LogP contribution >= 0.6 is 0 Å². The molecule has 6 rings (SSSR count). The number of aliphatic hydroxyl groups excluding tert-OH is 9. The maximum Gasteiger partial charge on any atom is 0.239 e. The van der Waals surface area contributed by atoms with Gasteiger partial charge in [0.1, 0.15) is 95.4 Å². The standard InChI is InChI=1S/C33H40O20/c1-10-27(51-33-30(23(43)20(40)17(9-35)50-33)53-32-25(45)22(42)19(39)16(8-34)49-32)24(44)26(46)31(47-10)52-29-21(41)18-14(38)6-13(37)7-15(18)48-28(29)11-2-4-12(36)5-3-11/h2-7,10,16-17,19-20,22-27,30-40,42-46H,8-9H2,1H3/t10-,16+,17+,19+,20+,22-,23-,24-,25+,26+,27-,30+,31-,32-,33-/m0/s1. The minimum atomic E-state index is -2.01.